The van der Waals surface area contributed by atoms with Gasteiger partial charge in [-0.1, -0.05) is 80.5 Å². The third-order valence-electron chi connectivity index (χ3n) is 8.68. The highest BCUT2D eigenvalue weighted by atomic mass is 19.1. The Morgan fingerprint density at radius 1 is 0.727 bits per heavy atom. The highest BCUT2D eigenvalue weighted by molar-refractivity contribution is 5.64. The van der Waals surface area contributed by atoms with Crippen LogP contribution in [0, 0.1) is 36.4 Å². The minimum Gasteiger partial charge on any atom is -0.251 e. The largest absolute Gasteiger partial charge is 0.251 e. The van der Waals surface area contributed by atoms with Gasteiger partial charge in [-0.05, 0) is 92.7 Å². The Bertz CT molecular complexity index is 840. The molecule has 0 amide bonds. The maximum Gasteiger partial charge on any atom is 0.131 e. The molecule has 2 saturated carbocycles. The summed E-state index contributed by atoms with van der Waals surface area (Å²) in [5, 5.41) is 0. The van der Waals surface area contributed by atoms with Gasteiger partial charge in [0.05, 0.1) is 6.67 Å². The van der Waals surface area contributed by atoms with Crippen LogP contribution >= 0.6 is 0 Å². The number of unbranched alkanes of at least 4 members (excludes halogenated alkanes) is 1. The van der Waals surface area contributed by atoms with Crippen LogP contribution < -0.4 is 0 Å². The van der Waals surface area contributed by atoms with Gasteiger partial charge in [-0.3, -0.25) is 4.39 Å². The number of hydrogen-bond acceptors (Lipinski definition) is 0. The minimum absolute atomic E-state index is 0.0969. The van der Waals surface area contributed by atoms with Crippen molar-refractivity contribution in [1.29, 1.82) is 0 Å². The number of benzene rings is 2. The molecule has 0 bridgehead atoms. The molecule has 0 aromatic heterocycles. The first kappa shape index (κ1) is 24.4. The fraction of sp³-hybridized carbons (Fsp3) is 0.613. The third-order valence-corrected chi connectivity index (χ3v) is 8.68. The van der Waals surface area contributed by atoms with Crippen molar-refractivity contribution in [2.24, 2.45) is 23.7 Å². The van der Waals surface area contributed by atoms with E-state index in [1.807, 2.05) is 30.3 Å². The number of rotatable bonds is 9. The van der Waals surface area contributed by atoms with E-state index < -0.39 is 0 Å². The van der Waals surface area contributed by atoms with Crippen molar-refractivity contribution in [3.05, 3.63) is 59.4 Å². The zero-order valence-electron chi connectivity index (χ0n) is 20.5. The zero-order valence-corrected chi connectivity index (χ0v) is 20.5. The minimum atomic E-state index is -0.147. The van der Waals surface area contributed by atoms with E-state index in [1.165, 1.54) is 69.8 Å². The first-order valence-corrected chi connectivity index (χ1v) is 13.5. The molecule has 0 atom stereocenters. The average molecular weight is 453 g/mol. The summed E-state index contributed by atoms with van der Waals surface area (Å²) in [6, 6.07) is 13.9. The van der Waals surface area contributed by atoms with Crippen molar-refractivity contribution in [3.8, 4) is 11.1 Å². The smallest absolute Gasteiger partial charge is 0.131 e. The lowest BCUT2D eigenvalue weighted by Crippen LogP contribution is -2.26. The quantitative estimate of drug-likeness (QED) is 0.332. The van der Waals surface area contributed by atoms with Crippen molar-refractivity contribution in [3.63, 3.8) is 0 Å². The van der Waals surface area contributed by atoms with E-state index in [0.29, 0.717) is 5.56 Å². The van der Waals surface area contributed by atoms with E-state index in [1.54, 1.807) is 6.07 Å². The maximum atomic E-state index is 14.8. The molecule has 2 aromatic carbocycles. The molecule has 2 aromatic rings. The molecule has 0 saturated heterocycles. The Morgan fingerprint density at radius 2 is 1.33 bits per heavy atom. The number of hydrogen-bond donors (Lipinski definition) is 0. The Hall–Kier alpha value is -1.70. The molecule has 2 aliphatic carbocycles. The lowest BCUT2D eigenvalue weighted by molar-refractivity contribution is 0.140. The number of aryl methyl sites for hydroxylation is 2. The second-order valence-corrected chi connectivity index (χ2v) is 11.0. The van der Waals surface area contributed by atoms with Crippen LogP contribution in [0.5, 0.6) is 0 Å². The van der Waals surface area contributed by atoms with Gasteiger partial charge < -0.3 is 0 Å². The summed E-state index contributed by atoms with van der Waals surface area (Å²) in [6.45, 7) is 1.91. The Morgan fingerprint density at radius 3 is 1.91 bits per heavy atom. The van der Waals surface area contributed by atoms with Crippen LogP contribution in [0.2, 0.25) is 0 Å². The molecular weight excluding hydrogens is 410 g/mol. The lowest BCUT2D eigenvalue weighted by atomic mass is 9.68. The molecule has 0 N–H and O–H groups in total. The third kappa shape index (κ3) is 6.90. The predicted octanol–water partition coefficient (Wildman–Crippen LogP) is 9.49. The second-order valence-electron chi connectivity index (χ2n) is 11.0. The van der Waals surface area contributed by atoms with Gasteiger partial charge >= 0.3 is 0 Å². The molecule has 33 heavy (non-hydrogen) atoms. The maximum absolute atomic E-state index is 14.8. The van der Waals surface area contributed by atoms with Crippen molar-refractivity contribution < 1.29 is 8.78 Å². The molecule has 2 aliphatic rings. The van der Waals surface area contributed by atoms with Crippen molar-refractivity contribution in [2.45, 2.75) is 90.4 Å². The molecule has 180 valence electrons. The van der Waals surface area contributed by atoms with Gasteiger partial charge in [0, 0.05) is 5.56 Å². The van der Waals surface area contributed by atoms with Crippen molar-refractivity contribution in [2.75, 3.05) is 6.67 Å². The second kappa shape index (κ2) is 12.1. The Kier molecular flexibility index (Phi) is 8.98. The van der Waals surface area contributed by atoms with Gasteiger partial charge in [-0.25, -0.2) is 4.39 Å². The van der Waals surface area contributed by atoms with Crippen molar-refractivity contribution in [1.82, 2.24) is 0 Å². The molecule has 2 heteroatoms. The molecule has 0 nitrogen and oxygen atoms in total. The lowest BCUT2D eigenvalue weighted by Gasteiger charge is -2.38. The molecule has 0 radical (unpaired) electrons. The Labute approximate surface area is 200 Å². The summed E-state index contributed by atoms with van der Waals surface area (Å²) in [4.78, 5) is 0. The van der Waals surface area contributed by atoms with Crippen LogP contribution in [-0.2, 0) is 6.42 Å². The first-order valence-electron chi connectivity index (χ1n) is 13.5. The van der Waals surface area contributed by atoms with E-state index >= 15 is 0 Å². The fourth-order valence-corrected chi connectivity index (χ4v) is 6.48. The van der Waals surface area contributed by atoms with E-state index in [2.05, 4.69) is 13.0 Å². The average Bonchev–Trinajstić information content (AvgIpc) is 2.84. The molecule has 0 spiro atoms. The standard InChI is InChI=1S/C31H42F2/c1-23-5-14-29(15-6-23)30-20-13-26(22-31(30)33)8-7-25-11-18-28(19-12-25)27-16-9-24(10-17-27)4-2-3-21-32/h5-6,13-15,20,22,24-25,27-28H,2-4,7-12,16-19,21H2,1H3/t24-,25?,27-,28?. The molecule has 4 rings (SSSR count). The SMILES string of the molecule is Cc1ccc(-c2ccc(CCC3CCC([C@H]4CC[C@H](CCCCF)CC4)CC3)cc2F)cc1. The number of alkyl halides is 1. The highest BCUT2D eigenvalue weighted by Crippen LogP contribution is 2.43. The van der Waals surface area contributed by atoms with Crippen LogP contribution in [0.25, 0.3) is 11.1 Å². The summed E-state index contributed by atoms with van der Waals surface area (Å²) in [7, 11) is 0. The molecule has 0 heterocycles. The molecular formula is C31H42F2. The summed E-state index contributed by atoms with van der Waals surface area (Å²) < 4.78 is 27.1. The zero-order chi connectivity index (χ0) is 23.0. The van der Waals surface area contributed by atoms with E-state index in [0.717, 1.165) is 54.1 Å². The summed E-state index contributed by atoms with van der Waals surface area (Å²) >= 11 is 0. The number of halogens is 2. The predicted molar refractivity (Wildman–Crippen MR) is 136 cm³/mol. The van der Waals surface area contributed by atoms with Crippen molar-refractivity contribution >= 4 is 0 Å². The molecule has 0 aliphatic heterocycles. The Balaban J connectivity index is 1.19. The van der Waals surface area contributed by atoms with Gasteiger partial charge in [0.2, 0.25) is 0 Å². The molecule has 0 unspecified atom stereocenters. The van der Waals surface area contributed by atoms with E-state index in [-0.39, 0.29) is 12.5 Å². The van der Waals surface area contributed by atoms with Crippen LogP contribution in [0.3, 0.4) is 0 Å². The van der Waals surface area contributed by atoms with Gasteiger partial charge in [-0.2, -0.15) is 0 Å². The van der Waals surface area contributed by atoms with Crippen LogP contribution in [-0.4, -0.2) is 6.67 Å². The van der Waals surface area contributed by atoms with Gasteiger partial charge in [0.15, 0.2) is 0 Å². The van der Waals surface area contributed by atoms with E-state index in [4.69, 9.17) is 0 Å². The fourth-order valence-electron chi connectivity index (χ4n) is 6.48. The monoisotopic (exact) mass is 452 g/mol. The van der Waals surface area contributed by atoms with Gasteiger partial charge in [-0.15, -0.1) is 0 Å². The topological polar surface area (TPSA) is 0 Å². The summed E-state index contributed by atoms with van der Waals surface area (Å²) in [5.41, 5.74) is 3.99. The summed E-state index contributed by atoms with van der Waals surface area (Å²) in [5.74, 6) is 3.44. The normalized spacial score (nSPS) is 25.8. The van der Waals surface area contributed by atoms with Crippen LogP contribution in [0.1, 0.15) is 88.2 Å². The van der Waals surface area contributed by atoms with E-state index in [9.17, 15) is 8.78 Å². The van der Waals surface area contributed by atoms with Gasteiger partial charge in [0.1, 0.15) is 5.82 Å². The van der Waals surface area contributed by atoms with Gasteiger partial charge in [0.25, 0.3) is 0 Å². The highest BCUT2D eigenvalue weighted by Gasteiger charge is 2.30. The van der Waals surface area contributed by atoms with Crippen LogP contribution in [0.4, 0.5) is 8.78 Å². The molecule has 2 fully saturated rings. The first-order chi connectivity index (χ1) is 16.1. The van der Waals surface area contributed by atoms with Crippen LogP contribution in [0.15, 0.2) is 42.5 Å². The summed E-state index contributed by atoms with van der Waals surface area (Å²) in [6.07, 6.45) is 16.3.